The Hall–Kier alpha value is -0.570. The van der Waals surface area contributed by atoms with Crippen LogP contribution in [0.4, 0.5) is 0 Å². The molecule has 58 valence electrons. The summed E-state index contributed by atoms with van der Waals surface area (Å²) >= 11 is 0. The Morgan fingerprint density at radius 1 is 1.80 bits per heavy atom. The van der Waals surface area contributed by atoms with Crippen molar-refractivity contribution in [3.05, 3.63) is 0 Å². The molecule has 0 radical (unpaired) electrons. The minimum atomic E-state index is -0.186. The van der Waals surface area contributed by atoms with Crippen LogP contribution in [-0.4, -0.2) is 11.9 Å². The first kappa shape index (κ1) is 7.54. The van der Waals surface area contributed by atoms with Gasteiger partial charge >= 0.3 is 0 Å². The van der Waals surface area contributed by atoms with Crippen molar-refractivity contribution in [3.8, 4) is 0 Å². The highest BCUT2D eigenvalue weighted by Crippen LogP contribution is 2.12. The van der Waals surface area contributed by atoms with E-state index in [0.29, 0.717) is 5.92 Å². The van der Waals surface area contributed by atoms with Crippen LogP contribution >= 0.6 is 0 Å². The molecule has 10 heavy (non-hydrogen) atoms. The molecule has 0 saturated carbocycles. The third kappa shape index (κ3) is 1.99. The molecule has 0 aliphatic carbocycles. The van der Waals surface area contributed by atoms with Crippen LogP contribution in [0.1, 0.15) is 26.7 Å². The molecule has 3 heteroatoms. The lowest BCUT2D eigenvalue weighted by molar-refractivity contribution is 0.0906. The molecule has 1 heterocycles. The van der Waals surface area contributed by atoms with Crippen molar-refractivity contribution in [3.63, 3.8) is 0 Å². The summed E-state index contributed by atoms with van der Waals surface area (Å²) < 4.78 is 0. The average molecular weight is 142 g/mol. The number of rotatable bonds is 2. The summed E-state index contributed by atoms with van der Waals surface area (Å²) in [4.78, 5) is 4.83. The van der Waals surface area contributed by atoms with Crippen LogP contribution in [0.25, 0.3) is 0 Å². The van der Waals surface area contributed by atoms with Crippen LogP contribution in [0, 0.1) is 5.92 Å². The van der Waals surface area contributed by atoms with Gasteiger partial charge in [-0.3, -0.25) is 5.73 Å². The maximum Gasteiger partial charge on any atom is 0.181 e. The standard InChI is InChI=1S/C7H14N2O/c1-5(2)3-6-4-7(8)10-9-6/h5,7H,3-4,8H2,1-2H3. The Morgan fingerprint density at radius 2 is 2.50 bits per heavy atom. The van der Waals surface area contributed by atoms with E-state index in [1.165, 1.54) is 0 Å². The third-order valence-electron chi connectivity index (χ3n) is 1.40. The van der Waals surface area contributed by atoms with Gasteiger partial charge < -0.3 is 4.84 Å². The summed E-state index contributed by atoms with van der Waals surface area (Å²) in [6.07, 6.45) is 1.63. The third-order valence-corrected chi connectivity index (χ3v) is 1.40. The largest absolute Gasteiger partial charge is 0.377 e. The molecule has 1 unspecified atom stereocenters. The van der Waals surface area contributed by atoms with Crippen molar-refractivity contribution < 1.29 is 4.84 Å². The van der Waals surface area contributed by atoms with Crippen LogP contribution in [0.2, 0.25) is 0 Å². The second-order valence-corrected chi connectivity index (χ2v) is 3.10. The topological polar surface area (TPSA) is 47.6 Å². The van der Waals surface area contributed by atoms with E-state index in [2.05, 4.69) is 19.0 Å². The lowest BCUT2D eigenvalue weighted by Gasteiger charge is -2.00. The van der Waals surface area contributed by atoms with Gasteiger partial charge in [-0.15, -0.1) is 0 Å². The van der Waals surface area contributed by atoms with Crippen LogP contribution in [0.3, 0.4) is 0 Å². The fourth-order valence-electron chi connectivity index (χ4n) is 1.04. The first-order valence-electron chi connectivity index (χ1n) is 3.65. The van der Waals surface area contributed by atoms with Crippen LogP contribution < -0.4 is 5.73 Å². The Bertz CT molecular complexity index is 143. The van der Waals surface area contributed by atoms with Gasteiger partial charge in [-0.2, -0.15) is 0 Å². The minimum absolute atomic E-state index is 0.186. The van der Waals surface area contributed by atoms with E-state index in [0.717, 1.165) is 18.6 Å². The highest BCUT2D eigenvalue weighted by atomic mass is 16.7. The van der Waals surface area contributed by atoms with Gasteiger partial charge in [-0.25, -0.2) is 0 Å². The van der Waals surface area contributed by atoms with E-state index in [1.807, 2.05) is 0 Å². The molecule has 2 N–H and O–H groups in total. The lowest BCUT2D eigenvalue weighted by Crippen LogP contribution is -2.19. The smallest absolute Gasteiger partial charge is 0.181 e. The molecule has 0 bridgehead atoms. The van der Waals surface area contributed by atoms with Crippen LogP contribution in [-0.2, 0) is 4.84 Å². The normalized spacial score (nSPS) is 24.8. The van der Waals surface area contributed by atoms with E-state index < -0.39 is 0 Å². The van der Waals surface area contributed by atoms with E-state index in [-0.39, 0.29) is 6.23 Å². The van der Waals surface area contributed by atoms with Gasteiger partial charge in [-0.05, 0) is 12.3 Å². The number of hydrogen-bond acceptors (Lipinski definition) is 3. The molecule has 1 aliphatic heterocycles. The Kier molecular flexibility index (Phi) is 2.27. The van der Waals surface area contributed by atoms with Crippen molar-refractivity contribution in [2.75, 3.05) is 0 Å². The van der Waals surface area contributed by atoms with Crippen molar-refractivity contribution in [2.24, 2.45) is 16.8 Å². The molecule has 0 spiro atoms. The van der Waals surface area contributed by atoms with E-state index in [9.17, 15) is 0 Å². The summed E-state index contributed by atoms with van der Waals surface area (Å²) in [5.74, 6) is 0.646. The van der Waals surface area contributed by atoms with Gasteiger partial charge in [0.05, 0.1) is 5.71 Å². The summed E-state index contributed by atoms with van der Waals surface area (Å²) in [5.41, 5.74) is 6.56. The van der Waals surface area contributed by atoms with E-state index >= 15 is 0 Å². The SMILES string of the molecule is CC(C)CC1=NOC(N)C1. The fourth-order valence-corrected chi connectivity index (χ4v) is 1.04. The second-order valence-electron chi connectivity index (χ2n) is 3.10. The molecule has 0 aromatic heterocycles. The number of hydrogen-bond donors (Lipinski definition) is 1. The molecule has 3 nitrogen and oxygen atoms in total. The maximum absolute atomic E-state index is 5.46. The number of oxime groups is 1. The minimum Gasteiger partial charge on any atom is -0.377 e. The zero-order valence-corrected chi connectivity index (χ0v) is 6.50. The maximum atomic E-state index is 5.46. The monoisotopic (exact) mass is 142 g/mol. The Labute approximate surface area is 61.2 Å². The average Bonchev–Trinajstić information content (AvgIpc) is 2.13. The van der Waals surface area contributed by atoms with Crippen LogP contribution in [0.15, 0.2) is 5.16 Å². The van der Waals surface area contributed by atoms with Gasteiger partial charge in [0, 0.05) is 6.42 Å². The molecular formula is C7H14N2O. The van der Waals surface area contributed by atoms with Gasteiger partial charge in [0.15, 0.2) is 6.23 Å². The molecule has 1 rings (SSSR count). The summed E-state index contributed by atoms with van der Waals surface area (Å²) in [6.45, 7) is 4.32. The summed E-state index contributed by atoms with van der Waals surface area (Å²) in [7, 11) is 0. The predicted molar refractivity (Wildman–Crippen MR) is 40.6 cm³/mol. The molecule has 1 aliphatic rings. The molecule has 0 fully saturated rings. The van der Waals surface area contributed by atoms with Gasteiger partial charge in [0.25, 0.3) is 0 Å². The van der Waals surface area contributed by atoms with Crippen molar-refractivity contribution in [2.45, 2.75) is 32.9 Å². The highest BCUT2D eigenvalue weighted by molar-refractivity contribution is 5.85. The predicted octanol–water partition coefficient (Wildman–Crippen LogP) is 1.09. The van der Waals surface area contributed by atoms with Crippen molar-refractivity contribution in [1.29, 1.82) is 0 Å². The summed E-state index contributed by atoms with van der Waals surface area (Å²) in [5, 5.41) is 3.85. The fraction of sp³-hybridized carbons (Fsp3) is 0.857. The van der Waals surface area contributed by atoms with E-state index in [1.54, 1.807) is 0 Å². The molecule has 0 aromatic carbocycles. The molecule has 0 aromatic rings. The second kappa shape index (κ2) is 3.01. The first-order valence-corrected chi connectivity index (χ1v) is 3.65. The van der Waals surface area contributed by atoms with Gasteiger partial charge in [0.1, 0.15) is 0 Å². The molecular weight excluding hydrogens is 128 g/mol. The zero-order valence-electron chi connectivity index (χ0n) is 6.50. The Balaban J connectivity index is 2.30. The molecule has 1 atom stereocenters. The lowest BCUT2D eigenvalue weighted by atomic mass is 10.0. The number of nitrogens with zero attached hydrogens (tertiary/aromatic N) is 1. The molecule has 0 saturated heterocycles. The zero-order chi connectivity index (χ0) is 7.56. The van der Waals surface area contributed by atoms with Crippen LogP contribution in [0.5, 0.6) is 0 Å². The van der Waals surface area contributed by atoms with Crippen molar-refractivity contribution >= 4 is 5.71 Å². The molecule has 0 amide bonds. The quantitative estimate of drug-likeness (QED) is 0.627. The first-order chi connectivity index (χ1) is 4.68. The number of nitrogens with two attached hydrogens (primary N) is 1. The van der Waals surface area contributed by atoms with Crippen molar-refractivity contribution in [1.82, 2.24) is 0 Å². The Morgan fingerprint density at radius 3 is 2.90 bits per heavy atom. The highest BCUT2D eigenvalue weighted by Gasteiger charge is 2.16. The van der Waals surface area contributed by atoms with E-state index in [4.69, 9.17) is 10.6 Å². The van der Waals surface area contributed by atoms with Gasteiger partial charge in [-0.1, -0.05) is 19.0 Å². The van der Waals surface area contributed by atoms with Gasteiger partial charge in [0.2, 0.25) is 0 Å². The summed E-state index contributed by atoms with van der Waals surface area (Å²) in [6, 6.07) is 0.